The summed E-state index contributed by atoms with van der Waals surface area (Å²) < 4.78 is 15.2. The fourth-order valence-electron chi connectivity index (χ4n) is 2.44. The Bertz CT molecular complexity index is 638. The monoisotopic (exact) mass is 273 g/mol. The molecule has 0 radical (unpaired) electrons. The van der Waals surface area contributed by atoms with Crippen LogP contribution in [0.4, 0.5) is 4.39 Å². The molecule has 1 N–H and O–H groups in total. The molecule has 1 aromatic carbocycles. The maximum Gasteiger partial charge on any atom is 0.224 e. The van der Waals surface area contributed by atoms with Gasteiger partial charge in [0.1, 0.15) is 5.82 Å². The van der Waals surface area contributed by atoms with Gasteiger partial charge in [0.2, 0.25) is 5.91 Å². The molecule has 1 amide bonds. The van der Waals surface area contributed by atoms with Crippen LogP contribution in [0.5, 0.6) is 0 Å². The molecule has 1 saturated carbocycles. The first-order chi connectivity index (χ1) is 9.65. The summed E-state index contributed by atoms with van der Waals surface area (Å²) in [4.78, 5) is 12.0. The fourth-order valence-corrected chi connectivity index (χ4v) is 2.44. The lowest BCUT2D eigenvalue weighted by molar-refractivity contribution is -0.122. The zero-order valence-corrected chi connectivity index (χ0v) is 11.2. The first kappa shape index (κ1) is 12.8. The number of carbonyl (C=O) groups excluding carboxylic acids is 1. The van der Waals surface area contributed by atoms with Crippen LogP contribution in [0.1, 0.15) is 23.5 Å². The average Bonchev–Trinajstić information content (AvgIpc) is 3.13. The van der Waals surface area contributed by atoms with Gasteiger partial charge in [-0.2, -0.15) is 5.10 Å². The lowest BCUT2D eigenvalue weighted by atomic mass is 10.2. The van der Waals surface area contributed by atoms with Gasteiger partial charge in [-0.15, -0.1) is 0 Å². The number of carbonyl (C=O) groups is 1. The van der Waals surface area contributed by atoms with E-state index in [9.17, 15) is 9.18 Å². The minimum Gasteiger partial charge on any atom is -0.352 e. The van der Waals surface area contributed by atoms with Gasteiger partial charge in [-0.25, -0.2) is 4.39 Å². The maximum absolute atomic E-state index is 13.4. The Morgan fingerprint density at radius 3 is 3.00 bits per heavy atom. The molecule has 1 aliphatic carbocycles. The third kappa shape index (κ3) is 2.57. The smallest absolute Gasteiger partial charge is 0.224 e. The van der Waals surface area contributed by atoms with Crippen molar-refractivity contribution in [2.24, 2.45) is 13.0 Å². The minimum absolute atomic E-state index is 0.00836. The van der Waals surface area contributed by atoms with Crippen molar-refractivity contribution in [2.75, 3.05) is 0 Å². The predicted octanol–water partition coefficient (Wildman–Crippen LogP) is 1.98. The predicted molar refractivity (Wildman–Crippen MR) is 72.3 cm³/mol. The molecule has 0 bridgehead atoms. The molecule has 2 atom stereocenters. The Hall–Kier alpha value is -2.17. The van der Waals surface area contributed by atoms with Crippen molar-refractivity contribution in [1.82, 2.24) is 15.1 Å². The summed E-state index contributed by atoms with van der Waals surface area (Å²) in [5.74, 6) is -0.0511. The molecule has 0 saturated heterocycles. The molecular formula is C15H16FN3O. The van der Waals surface area contributed by atoms with Gasteiger partial charge >= 0.3 is 0 Å². The van der Waals surface area contributed by atoms with E-state index in [-0.39, 0.29) is 30.1 Å². The Morgan fingerprint density at radius 2 is 2.30 bits per heavy atom. The minimum atomic E-state index is -0.285. The second-order valence-corrected chi connectivity index (χ2v) is 5.21. The van der Waals surface area contributed by atoms with E-state index in [2.05, 4.69) is 10.4 Å². The van der Waals surface area contributed by atoms with Gasteiger partial charge in [0, 0.05) is 31.3 Å². The number of amides is 1. The van der Waals surface area contributed by atoms with Crippen LogP contribution in [0.3, 0.4) is 0 Å². The normalized spacial score (nSPS) is 20.7. The zero-order chi connectivity index (χ0) is 14.1. The summed E-state index contributed by atoms with van der Waals surface area (Å²) >= 11 is 0. The Balaban J connectivity index is 1.55. The van der Waals surface area contributed by atoms with Crippen LogP contribution in [0.2, 0.25) is 0 Å². The quantitative estimate of drug-likeness (QED) is 0.926. The number of rotatable bonds is 4. The maximum atomic E-state index is 13.4. The summed E-state index contributed by atoms with van der Waals surface area (Å²) in [5, 5.41) is 6.91. The van der Waals surface area contributed by atoms with Gasteiger partial charge < -0.3 is 5.32 Å². The van der Waals surface area contributed by atoms with E-state index in [4.69, 9.17) is 0 Å². The molecular weight excluding hydrogens is 257 g/mol. The number of hydrogen-bond donors (Lipinski definition) is 1. The number of aromatic nitrogens is 2. The van der Waals surface area contributed by atoms with Gasteiger partial charge in [0.25, 0.3) is 0 Å². The molecule has 104 valence electrons. The topological polar surface area (TPSA) is 46.9 Å². The number of aryl methyl sites for hydroxylation is 1. The largest absolute Gasteiger partial charge is 0.352 e. The van der Waals surface area contributed by atoms with Gasteiger partial charge in [-0.1, -0.05) is 18.2 Å². The van der Waals surface area contributed by atoms with Crippen LogP contribution < -0.4 is 5.32 Å². The van der Waals surface area contributed by atoms with Crippen molar-refractivity contribution in [3.8, 4) is 0 Å². The van der Waals surface area contributed by atoms with E-state index >= 15 is 0 Å². The van der Waals surface area contributed by atoms with E-state index in [0.29, 0.717) is 5.56 Å². The molecule has 1 aromatic heterocycles. The number of nitrogens with zero attached hydrogens (tertiary/aromatic N) is 2. The number of benzene rings is 1. The third-order valence-corrected chi connectivity index (χ3v) is 3.69. The SMILES string of the molecule is Cn1cc([C@@H]2C[C@H]2C(=O)NCc2ccccc2F)cn1. The van der Waals surface area contributed by atoms with Crippen molar-refractivity contribution in [3.05, 3.63) is 53.6 Å². The van der Waals surface area contributed by atoms with Gasteiger partial charge in [-0.3, -0.25) is 9.48 Å². The standard InChI is InChI=1S/C15H16FN3O/c1-19-9-11(8-18-19)12-6-13(12)15(20)17-7-10-4-2-3-5-14(10)16/h2-5,8-9,12-13H,6-7H2,1H3,(H,17,20)/t12-,13+/m0/s1. The van der Waals surface area contributed by atoms with Crippen LogP contribution in [0.15, 0.2) is 36.7 Å². The first-order valence-electron chi connectivity index (χ1n) is 6.65. The van der Waals surface area contributed by atoms with Crippen molar-refractivity contribution < 1.29 is 9.18 Å². The van der Waals surface area contributed by atoms with Crippen LogP contribution in [0.25, 0.3) is 0 Å². The second kappa shape index (κ2) is 5.07. The van der Waals surface area contributed by atoms with Gasteiger partial charge in [-0.05, 0) is 24.0 Å². The fraction of sp³-hybridized carbons (Fsp3) is 0.333. The molecule has 3 rings (SSSR count). The van der Waals surface area contributed by atoms with Crippen LogP contribution >= 0.6 is 0 Å². The lowest BCUT2D eigenvalue weighted by Crippen LogP contribution is -2.25. The van der Waals surface area contributed by atoms with E-state index < -0.39 is 0 Å². The van der Waals surface area contributed by atoms with Crippen LogP contribution in [-0.2, 0) is 18.4 Å². The van der Waals surface area contributed by atoms with Crippen LogP contribution in [0, 0.1) is 11.7 Å². The molecule has 5 heteroatoms. The lowest BCUT2D eigenvalue weighted by Gasteiger charge is -2.05. The summed E-state index contributed by atoms with van der Waals surface area (Å²) in [7, 11) is 1.86. The van der Waals surface area contributed by atoms with E-state index in [1.165, 1.54) is 6.07 Å². The van der Waals surface area contributed by atoms with Crippen molar-refractivity contribution in [3.63, 3.8) is 0 Å². The molecule has 1 fully saturated rings. The Morgan fingerprint density at radius 1 is 1.50 bits per heavy atom. The number of halogens is 1. The third-order valence-electron chi connectivity index (χ3n) is 3.69. The molecule has 1 aliphatic rings. The highest BCUT2D eigenvalue weighted by atomic mass is 19.1. The first-order valence-corrected chi connectivity index (χ1v) is 6.65. The highest BCUT2D eigenvalue weighted by Gasteiger charge is 2.44. The zero-order valence-electron chi connectivity index (χ0n) is 11.2. The average molecular weight is 273 g/mol. The summed E-state index contributed by atoms with van der Waals surface area (Å²) in [6, 6.07) is 6.48. The molecule has 20 heavy (non-hydrogen) atoms. The number of hydrogen-bond acceptors (Lipinski definition) is 2. The highest BCUT2D eigenvalue weighted by molar-refractivity contribution is 5.82. The molecule has 2 aromatic rings. The highest BCUT2D eigenvalue weighted by Crippen LogP contribution is 2.47. The molecule has 4 nitrogen and oxygen atoms in total. The van der Waals surface area contributed by atoms with Crippen molar-refractivity contribution >= 4 is 5.91 Å². The van der Waals surface area contributed by atoms with Crippen molar-refractivity contribution in [1.29, 1.82) is 0 Å². The molecule has 1 heterocycles. The Kier molecular flexibility index (Phi) is 3.26. The molecule has 0 aliphatic heterocycles. The molecule has 0 unspecified atom stereocenters. The van der Waals surface area contributed by atoms with Gasteiger partial charge in [0.15, 0.2) is 0 Å². The van der Waals surface area contributed by atoms with E-state index in [0.717, 1.165) is 12.0 Å². The Labute approximate surface area is 116 Å². The van der Waals surface area contributed by atoms with E-state index in [1.807, 2.05) is 13.2 Å². The van der Waals surface area contributed by atoms with E-state index in [1.54, 1.807) is 29.1 Å². The summed E-state index contributed by atoms with van der Waals surface area (Å²) in [6.07, 6.45) is 4.58. The van der Waals surface area contributed by atoms with Gasteiger partial charge in [0.05, 0.1) is 6.20 Å². The molecule has 0 spiro atoms. The van der Waals surface area contributed by atoms with Crippen LogP contribution in [-0.4, -0.2) is 15.7 Å². The summed E-state index contributed by atoms with van der Waals surface area (Å²) in [6.45, 7) is 0.238. The summed E-state index contributed by atoms with van der Waals surface area (Å²) in [5.41, 5.74) is 1.61. The van der Waals surface area contributed by atoms with Crippen molar-refractivity contribution in [2.45, 2.75) is 18.9 Å². The second-order valence-electron chi connectivity index (χ2n) is 5.21. The number of nitrogens with one attached hydrogen (secondary N) is 1.